The predicted molar refractivity (Wildman–Crippen MR) is 93.7 cm³/mol. The van der Waals surface area contributed by atoms with Crippen molar-refractivity contribution in [2.75, 3.05) is 13.7 Å². The third kappa shape index (κ3) is 2.59. The smallest absolute Gasteiger partial charge is 0.271 e. The van der Waals surface area contributed by atoms with Gasteiger partial charge in [-0.1, -0.05) is 18.2 Å². The standard InChI is InChI=1S/C18H17N3O2S/c1-23-15-5-3-2-4-13(15)12-8-14-16(18(22)19-9-12)21-17(20-14)11-6-7-24-10-11/h2-7,10,12H,8-9H2,1H3,(H,19,22)(H,20,21)/t12-/m0/s1. The second-order valence-electron chi connectivity index (χ2n) is 5.78. The molecule has 122 valence electrons. The minimum Gasteiger partial charge on any atom is -0.496 e. The number of nitrogens with one attached hydrogen (secondary N) is 2. The Kier molecular flexibility index (Phi) is 3.82. The molecule has 0 saturated heterocycles. The van der Waals surface area contributed by atoms with Crippen LogP contribution >= 0.6 is 11.3 Å². The first-order chi connectivity index (χ1) is 11.8. The number of imidazole rings is 1. The highest BCUT2D eigenvalue weighted by atomic mass is 32.1. The first-order valence-electron chi connectivity index (χ1n) is 7.79. The highest BCUT2D eigenvalue weighted by Crippen LogP contribution is 2.32. The number of ether oxygens (including phenoxy) is 1. The Bertz CT molecular complexity index is 870. The van der Waals surface area contributed by atoms with Gasteiger partial charge in [-0.05, 0) is 29.5 Å². The van der Waals surface area contributed by atoms with Crippen LogP contribution in [0.15, 0.2) is 41.1 Å². The molecule has 1 aromatic carbocycles. The monoisotopic (exact) mass is 339 g/mol. The molecule has 1 aliphatic rings. The van der Waals surface area contributed by atoms with Crippen molar-refractivity contribution in [3.8, 4) is 17.1 Å². The van der Waals surface area contributed by atoms with Gasteiger partial charge < -0.3 is 15.0 Å². The molecule has 1 amide bonds. The first-order valence-corrected chi connectivity index (χ1v) is 8.73. The lowest BCUT2D eigenvalue weighted by atomic mass is 9.93. The second-order valence-corrected chi connectivity index (χ2v) is 6.56. The number of nitrogens with zero attached hydrogens (tertiary/aromatic N) is 1. The van der Waals surface area contributed by atoms with Gasteiger partial charge in [0.05, 0.1) is 7.11 Å². The van der Waals surface area contributed by atoms with E-state index in [4.69, 9.17) is 4.74 Å². The van der Waals surface area contributed by atoms with Gasteiger partial charge in [0.2, 0.25) is 0 Å². The van der Waals surface area contributed by atoms with Gasteiger partial charge >= 0.3 is 0 Å². The van der Waals surface area contributed by atoms with Gasteiger partial charge in [0.1, 0.15) is 17.3 Å². The minimum atomic E-state index is -0.125. The summed E-state index contributed by atoms with van der Waals surface area (Å²) in [5.41, 5.74) is 3.48. The summed E-state index contributed by atoms with van der Waals surface area (Å²) >= 11 is 1.61. The van der Waals surface area contributed by atoms with Crippen LogP contribution in [0.4, 0.5) is 0 Å². The SMILES string of the molecule is COc1ccccc1[C@@H]1CNC(=O)c2nc(-c3ccsc3)[nH]c2C1. The van der Waals surface area contributed by atoms with Crippen LogP contribution < -0.4 is 10.1 Å². The topological polar surface area (TPSA) is 67.0 Å². The molecule has 0 radical (unpaired) electrons. The molecule has 0 unspecified atom stereocenters. The average Bonchev–Trinajstić information content (AvgIpc) is 3.25. The van der Waals surface area contributed by atoms with Gasteiger partial charge in [0, 0.05) is 29.1 Å². The van der Waals surface area contributed by atoms with Crippen LogP contribution in [0.1, 0.15) is 27.7 Å². The summed E-state index contributed by atoms with van der Waals surface area (Å²) in [5.74, 6) is 1.61. The number of hydrogen-bond acceptors (Lipinski definition) is 4. The fourth-order valence-corrected chi connectivity index (χ4v) is 3.76. The van der Waals surface area contributed by atoms with E-state index in [2.05, 4.69) is 21.4 Å². The van der Waals surface area contributed by atoms with E-state index in [9.17, 15) is 4.79 Å². The summed E-state index contributed by atoms with van der Waals surface area (Å²) in [6, 6.07) is 9.95. The maximum atomic E-state index is 12.4. The molecule has 0 bridgehead atoms. The van der Waals surface area contributed by atoms with Crippen molar-refractivity contribution in [2.24, 2.45) is 0 Å². The van der Waals surface area contributed by atoms with Crippen LogP contribution in [0.3, 0.4) is 0 Å². The van der Waals surface area contributed by atoms with Crippen molar-refractivity contribution < 1.29 is 9.53 Å². The van der Waals surface area contributed by atoms with E-state index in [0.717, 1.165) is 28.4 Å². The third-order valence-electron chi connectivity index (χ3n) is 4.33. The van der Waals surface area contributed by atoms with Crippen molar-refractivity contribution in [3.05, 3.63) is 58.0 Å². The Morgan fingerprint density at radius 2 is 2.17 bits per heavy atom. The quantitative estimate of drug-likeness (QED) is 0.770. The van der Waals surface area contributed by atoms with Crippen molar-refractivity contribution >= 4 is 17.2 Å². The summed E-state index contributed by atoms with van der Waals surface area (Å²) in [4.78, 5) is 20.2. The number of aromatic nitrogens is 2. The van der Waals surface area contributed by atoms with Crippen molar-refractivity contribution in [1.82, 2.24) is 15.3 Å². The van der Waals surface area contributed by atoms with Crippen molar-refractivity contribution in [3.63, 3.8) is 0 Å². The van der Waals surface area contributed by atoms with E-state index in [1.807, 2.05) is 35.0 Å². The molecule has 4 rings (SSSR count). The molecular formula is C18H17N3O2S. The molecule has 0 spiro atoms. The number of carbonyl (C=O) groups is 1. The first kappa shape index (κ1) is 15.0. The second kappa shape index (κ2) is 6.13. The molecule has 6 heteroatoms. The molecule has 2 aromatic heterocycles. The van der Waals surface area contributed by atoms with Gasteiger partial charge in [-0.2, -0.15) is 11.3 Å². The highest BCUT2D eigenvalue weighted by Gasteiger charge is 2.27. The maximum Gasteiger partial charge on any atom is 0.271 e. The fraction of sp³-hybridized carbons (Fsp3) is 0.222. The lowest BCUT2D eigenvalue weighted by molar-refractivity contribution is 0.0950. The number of methoxy groups -OCH3 is 1. The Morgan fingerprint density at radius 1 is 1.29 bits per heavy atom. The zero-order valence-electron chi connectivity index (χ0n) is 13.2. The summed E-state index contributed by atoms with van der Waals surface area (Å²) in [7, 11) is 1.67. The average molecular weight is 339 g/mol. The number of aromatic amines is 1. The van der Waals surface area contributed by atoms with E-state index < -0.39 is 0 Å². The summed E-state index contributed by atoms with van der Waals surface area (Å²) in [6.07, 6.45) is 0.714. The highest BCUT2D eigenvalue weighted by molar-refractivity contribution is 7.08. The zero-order valence-corrected chi connectivity index (χ0v) is 14.0. The fourth-order valence-electron chi connectivity index (χ4n) is 3.12. The molecule has 0 fully saturated rings. The van der Waals surface area contributed by atoms with E-state index >= 15 is 0 Å². The number of carbonyl (C=O) groups excluding carboxylic acids is 1. The molecule has 3 heterocycles. The summed E-state index contributed by atoms with van der Waals surface area (Å²) in [5, 5.41) is 7.01. The summed E-state index contributed by atoms with van der Waals surface area (Å²) < 4.78 is 5.48. The number of rotatable bonds is 3. The van der Waals surface area contributed by atoms with Crippen LogP contribution in [-0.2, 0) is 6.42 Å². The van der Waals surface area contributed by atoms with E-state index in [1.54, 1.807) is 18.4 Å². The Morgan fingerprint density at radius 3 is 2.96 bits per heavy atom. The molecule has 5 nitrogen and oxygen atoms in total. The Hall–Kier alpha value is -2.60. The predicted octanol–water partition coefficient (Wildman–Crippen LogP) is 3.22. The lowest BCUT2D eigenvalue weighted by Gasteiger charge is -2.17. The molecule has 0 saturated carbocycles. The minimum absolute atomic E-state index is 0.125. The Labute approximate surface area is 143 Å². The van der Waals surface area contributed by atoms with Gasteiger partial charge in [-0.3, -0.25) is 4.79 Å². The van der Waals surface area contributed by atoms with Crippen LogP contribution in [0.5, 0.6) is 5.75 Å². The number of H-pyrrole nitrogens is 1. The van der Waals surface area contributed by atoms with Crippen LogP contribution in [0.25, 0.3) is 11.4 Å². The number of hydrogen-bond donors (Lipinski definition) is 2. The molecule has 1 atom stereocenters. The molecule has 3 aromatic rings. The Balaban J connectivity index is 1.72. The van der Waals surface area contributed by atoms with Crippen LogP contribution in [0.2, 0.25) is 0 Å². The zero-order chi connectivity index (χ0) is 16.5. The van der Waals surface area contributed by atoms with Gasteiger partial charge in [-0.25, -0.2) is 4.98 Å². The summed E-state index contributed by atoms with van der Waals surface area (Å²) in [6.45, 7) is 0.567. The molecule has 0 aliphatic carbocycles. The number of thiophene rings is 1. The maximum absolute atomic E-state index is 12.4. The van der Waals surface area contributed by atoms with E-state index in [1.165, 1.54) is 0 Å². The molecular weight excluding hydrogens is 322 g/mol. The van der Waals surface area contributed by atoms with Gasteiger partial charge in [-0.15, -0.1) is 0 Å². The van der Waals surface area contributed by atoms with Crippen LogP contribution in [-0.4, -0.2) is 29.5 Å². The van der Waals surface area contributed by atoms with Crippen LogP contribution in [0, 0.1) is 0 Å². The number of para-hydroxylation sites is 1. The lowest BCUT2D eigenvalue weighted by Crippen LogP contribution is -2.26. The number of benzene rings is 1. The number of fused-ring (bicyclic) bond motifs is 1. The molecule has 24 heavy (non-hydrogen) atoms. The molecule has 1 aliphatic heterocycles. The van der Waals surface area contributed by atoms with E-state index in [0.29, 0.717) is 18.7 Å². The number of amides is 1. The van der Waals surface area contributed by atoms with Gasteiger partial charge in [0.25, 0.3) is 5.91 Å². The van der Waals surface area contributed by atoms with Crippen molar-refractivity contribution in [1.29, 1.82) is 0 Å². The van der Waals surface area contributed by atoms with Crippen molar-refractivity contribution in [2.45, 2.75) is 12.3 Å². The molecule has 2 N–H and O–H groups in total. The normalized spacial score (nSPS) is 17.0. The van der Waals surface area contributed by atoms with Gasteiger partial charge in [0.15, 0.2) is 0 Å². The van der Waals surface area contributed by atoms with E-state index in [-0.39, 0.29) is 11.8 Å². The third-order valence-corrected chi connectivity index (χ3v) is 5.01. The largest absolute Gasteiger partial charge is 0.496 e.